The maximum atomic E-state index is 14.2. The van der Waals surface area contributed by atoms with Crippen molar-refractivity contribution in [2.75, 3.05) is 6.61 Å². The topological polar surface area (TPSA) is 79.5 Å². The van der Waals surface area contributed by atoms with Gasteiger partial charge in [-0.25, -0.2) is 9.18 Å². The van der Waals surface area contributed by atoms with E-state index in [9.17, 15) is 14.4 Å². The molecule has 0 saturated carbocycles. The fraction of sp³-hybridized carbons (Fsp3) is 0.143. The molecular formula is C28H24FNO4. The maximum Gasteiger partial charge on any atom is 0.335 e. The average molecular weight is 458 g/mol. The SMILES string of the molecule is C=CCc1cc(C=C(C#N)c2ccccc2F)cc(OCC)c1OCc1ccc(C(=O)O)cc1. The molecular weight excluding hydrogens is 433 g/mol. The molecule has 0 saturated heterocycles. The third-order valence-electron chi connectivity index (χ3n) is 5.00. The molecule has 0 fully saturated rings. The van der Waals surface area contributed by atoms with Crippen LogP contribution in [0.5, 0.6) is 11.5 Å². The fourth-order valence-corrected chi connectivity index (χ4v) is 3.42. The first-order valence-corrected chi connectivity index (χ1v) is 10.7. The van der Waals surface area contributed by atoms with Gasteiger partial charge in [0, 0.05) is 11.1 Å². The second-order valence-corrected chi connectivity index (χ2v) is 7.37. The van der Waals surface area contributed by atoms with Crippen molar-refractivity contribution in [3.05, 3.63) is 107 Å². The van der Waals surface area contributed by atoms with E-state index in [0.717, 1.165) is 11.1 Å². The Bertz CT molecular complexity index is 1260. The van der Waals surface area contributed by atoms with Crippen LogP contribution in [0.25, 0.3) is 11.6 Å². The first-order valence-electron chi connectivity index (χ1n) is 10.7. The van der Waals surface area contributed by atoms with Crippen LogP contribution >= 0.6 is 0 Å². The largest absolute Gasteiger partial charge is 0.490 e. The second kappa shape index (κ2) is 11.5. The van der Waals surface area contributed by atoms with Crippen LogP contribution in [0, 0.1) is 17.1 Å². The lowest BCUT2D eigenvalue weighted by Crippen LogP contribution is -2.04. The van der Waals surface area contributed by atoms with Gasteiger partial charge in [0.15, 0.2) is 11.5 Å². The minimum absolute atomic E-state index is 0.192. The van der Waals surface area contributed by atoms with E-state index in [1.807, 2.05) is 13.0 Å². The highest BCUT2D eigenvalue weighted by Crippen LogP contribution is 2.36. The maximum absolute atomic E-state index is 14.2. The van der Waals surface area contributed by atoms with Crippen LogP contribution in [0.15, 0.2) is 73.3 Å². The summed E-state index contributed by atoms with van der Waals surface area (Å²) < 4.78 is 26.2. The summed E-state index contributed by atoms with van der Waals surface area (Å²) in [4.78, 5) is 11.1. The van der Waals surface area contributed by atoms with Crippen molar-refractivity contribution in [2.24, 2.45) is 0 Å². The van der Waals surface area contributed by atoms with Crippen LogP contribution in [0.1, 0.15) is 39.5 Å². The zero-order chi connectivity index (χ0) is 24.5. The van der Waals surface area contributed by atoms with Crippen molar-refractivity contribution in [3.8, 4) is 17.6 Å². The van der Waals surface area contributed by atoms with E-state index in [-0.39, 0.29) is 23.3 Å². The van der Waals surface area contributed by atoms with Crippen LogP contribution < -0.4 is 9.47 Å². The molecule has 0 unspecified atom stereocenters. The summed E-state index contributed by atoms with van der Waals surface area (Å²) in [5.74, 6) is -0.442. The highest BCUT2D eigenvalue weighted by Gasteiger charge is 2.15. The first-order chi connectivity index (χ1) is 16.5. The number of carboxylic acid groups (broad SMARTS) is 1. The Balaban J connectivity index is 1.98. The van der Waals surface area contributed by atoms with E-state index in [2.05, 4.69) is 12.6 Å². The van der Waals surface area contributed by atoms with Gasteiger partial charge >= 0.3 is 5.97 Å². The Labute approximate surface area is 198 Å². The molecule has 3 aromatic rings. The first kappa shape index (κ1) is 24.3. The van der Waals surface area contributed by atoms with Gasteiger partial charge in [0.1, 0.15) is 12.4 Å². The van der Waals surface area contributed by atoms with Crippen LogP contribution in [0.3, 0.4) is 0 Å². The van der Waals surface area contributed by atoms with E-state index in [1.54, 1.807) is 48.6 Å². The molecule has 6 heteroatoms. The number of halogens is 1. The monoisotopic (exact) mass is 457 g/mol. The minimum atomic E-state index is -0.991. The van der Waals surface area contributed by atoms with E-state index >= 15 is 0 Å². The number of benzene rings is 3. The Morgan fingerprint density at radius 3 is 2.50 bits per heavy atom. The summed E-state index contributed by atoms with van der Waals surface area (Å²) >= 11 is 0. The van der Waals surface area contributed by atoms with Gasteiger partial charge in [-0.15, -0.1) is 6.58 Å². The van der Waals surface area contributed by atoms with Gasteiger partial charge in [-0.05, 0) is 60.9 Å². The van der Waals surface area contributed by atoms with Crippen molar-refractivity contribution in [3.63, 3.8) is 0 Å². The van der Waals surface area contributed by atoms with Crippen molar-refractivity contribution < 1.29 is 23.8 Å². The number of nitriles is 1. The van der Waals surface area contributed by atoms with Gasteiger partial charge < -0.3 is 14.6 Å². The molecule has 0 bridgehead atoms. The molecule has 34 heavy (non-hydrogen) atoms. The predicted octanol–water partition coefficient (Wildman–Crippen LogP) is 6.29. The quantitative estimate of drug-likeness (QED) is 0.220. The molecule has 3 rings (SSSR count). The molecule has 0 aromatic heterocycles. The lowest BCUT2D eigenvalue weighted by molar-refractivity contribution is 0.0697. The van der Waals surface area contributed by atoms with Gasteiger partial charge in [-0.1, -0.05) is 36.4 Å². The Kier molecular flexibility index (Phi) is 8.20. The number of rotatable bonds is 10. The molecule has 0 spiro atoms. The van der Waals surface area contributed by atoms with Crippen molar-refractivity contribution >= 4 is 17.6 Å². The van der Waals surface area contributed by atoms with Gasteiger partial charge in [-0.2, -0.15) is 5.26 Å². The van der Waals surface area contributed by atoms with Crippen molar-refractivity contribution in [1.29, 1.82) is 5.26 Å². The fourth-order valence-electron chi connectivity index (χ4n) is 3.42. The molecule has 5 nitrogen and oxygen atoms in total. The third-order valence-corrected chi connectivity index (χ3v) is 5.00. The van der Waals surface area contributed by atoms with E-state index in [4.69, 9.17) is 14.6 Å². The zero-order valence-corrected chi connectivity index (χ0v) is 18.8. The number of nitrogens with zero attached hydrogens (tertiary/aromatic N) is 1. The number of ether oxygens (including phenoxy) is 2. The van der Waals surface area contributed by atoms with Gasteiger partial charge in [0.25, 0.3) is 0 Å². The summed E-state index contributed by atoms with van der Waals surface area (Å²) in [6.07, 6.45) is 3.83. The Morgan fingerprint density at radius 1 is 1.15 bits per heavy atom. The van der Waals surface area contributed by atoms with Crippen molar-refractivity contribution in [1.82, 2.24) is 0 Å². The van der Waals surface area contributed by atoms with Crippen LogP contribution in [-0.4, -0.2) is 17.7 Å². The summed E-state index contributed by atoms with van der Waals surface area (Å²) in [6.45, 7) is 6.26. The molecule has 0 amide bonds. The molecule has 0 atom stereocenters. The average Bonchev–Trinajstić information content (AvgIpc) is 2.83. The molecule has 0 aliphatic carbocycles. The molecule has 0 radical (unpaired) electrons. The molecule has 1 N–H and O–H groups in total. The number of allylic oxidation sites excluding steroid dienone is 2. The summed E-state index contributed by atoms with van der Waals surface area (Å²) in [6, 6.07) is 18.2. The molecule has 0 aliphatic rings. The summed E-state index contributed by atoms with van der Waals surface area (Å²) in [5, 5.41) is 18.7. The number of aromatic carboxylic acids is 1. The Morgan fingerprint density at radius 2 is 1.88 bits per heavy atom. The van der Waals surface area contributed by atoms with Crippen LogP contribution in [0.2, 0.25) is 0 Å². The normalized spacial score (nSPS) is 10.9. The lowest BCUT2D eigenvalue weighted by Gasteiger charge is -2.17. The van der Waals surface area contributed by atoms with E-state index in [0.29, 0.717) is 30.1 Å². The molecule has 0 heterocycles. The number of hydrogen-bond acceptors (Lipinski definition) is 4. The molecule has 0 aliphatic heterocycles. The summed E-state index contributed by atoms with van der Waals surface area (Å²) in [5.41, 5.74) is 2.87. The minimum Gasteiger partial charge on any atom is -0.490 e. The van der Waals surface area contributed by atoms with Crippen molar-refractivity contribution in [2.45, 2.75) is 20.0 Å². The predicted molar refractivity (Wildman–Crippen MR) is 129 cm³/mol. The van der Waals surface area contributed by atoms with E-state index < -0.39 is 11.8 Å². The third kappa shape index (κ3) is 5.90. The van der Waals surface area contributed by atoms with Gasteiger partial charge in [-0.3, -0.25) is 0 Å². The smallest absolute Gasteiger partial charge is 0.335 e. The molecule has 3 aromatic carbocycles. The van der Waals surface area contributed by atoms with Crippen LogP contribution in [-0.2, 0) is 13.0 Å². The highest BCUT2D eigenvalue weighted by molar-refractivity contribution is 5.90. The summed E-state index contributed by atoms with van der Waals surface area (Å²) in [7, 11) is 0. The number of hydrogen-bond donors (Lipinski definition) is 1. The molecule has 172 valence electrons. The van der Waals surface area contributed by atoms with Gasteiger partial charge in [0.05, 0.1) is 23.8 Å². The Hall–Kier alpha value is -4.37. The van der Waals surface area contributed by atoms with Gasteiger partial charge in [0.2, 0.25) is 0 Å². The number of carboxylic acids is 1. The van der Waals surface area contributed by atoms with Crippen LogP contribution in [0.4, 0.5) is 4.39 Å². The highest BCUT2D eigenvalue weighted by atomic mass is 19.1. The van der Waals surface area contributed by atoms with E-state index in [1.165, 1.54) is 18.2 Å². The standard InChI is InChI=1S/C28H24FNO4/c1-3-7-22-14-20(15-23(17-30)24-8-5-6-9-25(24)29)16-26(33-4-2)27(22)34-18-19-10-12-21(13-11-19)28(31)32/h3,5-6,8-16H,1,4,7,18H2,2H3,(H,31,32). The lowest BCUT2D eigenvalue weighted by atomic mass is 10.0. The second-order valence-electron chi connectivity index (χ2n) is 7.37. The zero-order valence-electron chi connectivity index (χ0n) is 18.8. The number of carbonyl (C=O) groups is 1.